The molecule has 3 aromatic rings. The maximum Gasteiger partial charge on any atom is 0.240 e. The number of hydrogen-bond acceptors (Lipinski definition) is 4. The summed E-state index contributed by atoms with van der Waals surface area (Å²) in [5, 5.41) is 13.1. The van der Waals surface area contributed by atoms with E-state index in [9.17, 15) is 9.90 Å². The number of hydrogen-bond donors (Lipinski definition) is 3. The Morgan fingerprint density at radius 1 is 1.06 bits per heavy atom. The number of phenols is 1. The lowest BCUT2D eigenvalue weighted by atomic mass is 9.91. The summed E-state index contributed by atoms with van der Waals surface area (Å²) in [4.78, 5) is 15.6. The van der Waals surface area contributed by atoms with Gasteiger partial charge in [0.05, 0.1) is 12.1 Å². The number of benzene rings is 3. The van der Waals surface area contributed by atoms with Gasteiger partial charge in [0, 0.05) is 18.8 Å². The molecular weight excluding hydrogens is 434 g/mol. The lowest BCUT2D eigenvalue weighted by molar-refractivity contribution is -0.135. The topological polar surface area (TPSA) is 78.6 Å². The normalized spacial score (nSPS) is 15.7. The van der Waals surface area contributed by atoms with Crippen LogP contribution in [0.25, 0.3) is 0 Å². The van der Waals surface area contributed by atoms with E-state index in [2.05, 4.69) is 56.4 Å². The maximum absolute atomic E-state index is 13.6. The minimum atomic E-state index is -0.575. The van der Waals surface area contributed by atoms with Crippen molar-refractivity contribution in [3.63, 3.8) is 0 Å². The lowest BCUT2D eigenvalue weighted by Crippen LogP contribution is -2.47. The zero-order chi connectivity index (χ0) is 25.1. The molecule has 184 valence electrons. The SMILES string of the molecule is CCN(C(=O)C(N)Cc1c(C)cc(C)cc1C)C1CCNc2ccc(Cc3ccc(O)cc3)cc21. The standard InChI is InChI=1S/C30H37N3O2/c1-5-33(30(35)27(31)18-25-20(3)14-19(2)15-21(25)4)29-12-13-32-28-11-8-23(17-26(28)29)16-22-6-9-24(34)10-7-22/h6-11,14-15,17,27,29,32,34H,5,12-13,16,18,31H2,1-4H3. The van der Waals surface area contributed by atoms with Gasteiger partial charge in [-0.1, -0.05) is 42.0 Å². The average Bonchev–Trinajstić information content (AvgIpc) is 2.83. The molecule has 35 heavy (non-hydrogen) atoms. The number of likely N-dealkylation sites (N-methyl/N-ethyl adjacent to an activating group) is 1. The summed E-state index contributed by atoms with van der Waals surface area (Å²) in [5.74, 6) is 0.279. The summed E-state index contributed by atoms with van der Waals surface area (Å²) in [6, 6.07) is 17.5. The molecule has 4 N–H and O–H groups in total. The van der Waals surface area contributed by atoms with Crippen LogP contribution < -0.4 is 11.1 Å². The van der Waals surface area contributed by atoms with Crippen molar-refractivity contribution >= 4 is 11.6 Å². The first-order valence-corrected chi connectivity index (χ1v) is 12.5. The Kier molecular flexibility index (Phi) is 7.46. The number of aryl methyl sites for hydroxylation is 3. The van der Waals surface area contributed by atoms with Crippen molar-refractivity contribution in [3.8, 4) is 5.75 Å². The van der Waals surface area contributed by atoms with Gasteiger partial charge in [-0.05, 0) is 98.5 Å². The largest absolute Gasteiger partial charge is 0.508 e. The first-order valence-electron chi connectivity index (χ1n) is 12.5. The number of carbonyl (C=O) groups excluding carboxylic acids is 1. The highest BCUT2D eigenvalue weighted by Gasteiger charge is 2.31. The smallest absolute Gasteiger partial charge is 0.240 e. The molecule has 1 aliphatic heterocycles. The van der Waals surface area contributed by atoms with Crippen LogP contribution in [-0.4, -0.2) is 35.0 Å². The number of nitrogens with one attached hydrogen (secondary N) is 1. The molecule has 0 bridgehead atoms. The second kappa shape index (κ2) is 10.5. The monoisotopic (exact) mass is 471 g/mol. The lowest BCUT2D eigenvalue weighted by Gasteiger charge is -2.37. The predicted molar refractivity (Wildman–Crippen MR) is 143 cm³/mol. The van der Waals surface area contributed by atoms with E-state index in [0.29, 0.717) is 13.0 Å². The highest BCUT2D eigenvalue weighted by molar-refractivity contribution is 5.83. The summed E-state index contributed by atoms with van der Waals surface area (Å²) >= 11 is 0. The van der Waals surface area contributed by atoms with Gasteiger partial charge in [0.15, 0.2) is 0 Å². The van der Waals surface area contributed by atoms with Gasteiger partial charge in [0.25, 0.3) is 0 Å². The van der Waals surface area contributed by atoms with E-state index in [1.807, 2.05) is 24.0 Å². The number of phenolic OH excluding ortho intramolecular Hbond substituents is 1. The molecule has 0 aliphatic carbocycles. The molecule has 0 saturated carbocycles. The zero-order valence-corrected chi connectivity index (χ0v) is 21.3. The molecule has 4 rings (SSSR count). The fourth-order valence-corrected chi connectivity index (χ4v) is 5.41. The molecule has 1 amide bonds. The van der Waals surface area contributed by atoms with E-state index < -0.39 is 6.04 Å². The highest BCUT2D eigenvalue weighted by Crippen LogP contribution is 2.36. The molecular formula is C30H37N3O2. The number of aromatic hydroxyl groups is 1. The van der Waals surface area contributed by atoms with E-state index >= 15 is 0 Å². The number of amides is 1. The summed E-state index contributed by atoms with van der Waals surface area (Å²) in [7, 11) is 0. The van der Waals surface area contributed by atoms with E-state index in [1.54, 1.807) is 12.1 Å². The summed E-state index contributed by atoms with van der Waals surface area (Å²) in [5.41, 5.74) is 15.9. The van der Waals surface area contributed by atoms with Gasteiger partial charge in [0.2, 0.25) is 5.91 Å². The Bertz CT molecular complexity index is 1180. The van der Waals surface area contributed by atoms with Crippen molar-refractivity contribution in [3.05, 3.63) is 93.5 Å². The van der Waals surface area contributed by atoms with Crippen LogP contribution in [0.5, 0.6) is 5.75 Å². The number of rotatable bonds is 7. The Labute approximate surface area is 209 Å². The molecule has 1 heterocycles. The van der Waals surface area contributed by atoms with Crippen molar-refractivity contribution in [2.45, 2.75) is 59.0 Å². The van der Waals surface area contributed by atoms with Crippen LogP contribution in [0.2, 0.25) is 0 Å². The third-order valence-electron chi connectivity index (χ3n) is 7.13. The fourth-order valence-electron chi connectivity index (χ4n) is 5.41. The van der Waals surface area contributed by atoms with Crippen molar-refractivity contribution in [2.75, 3.05) is 18.4 Å². The maximum atomic E-state index is 13.6. The van der Waals surface area contributed by atoms with E-state index in [-0.39, 0.29) is 17.7 Å². The van der Waals surface area contributed by atoms with E-state index in [4.69, 9.17) is 5.73 Å². The molecule has 2 atom stereocenters. The molecule has 0 radical (unpaired) electrons. The van der Waals surface area contributed by atoms with Gasteiger partial charge >= 0.3 is 0 Å². The van der Waals surface area contributed by atoms with E-state index in [0.717, 1.165) is 36.2 Å². The third-order valence-corrected chi connectivity index (χ3v) is 7.13. The van der Waals surface area contributed by atoms with Gasteiger partial charge in [-0.3, -0.25) is 4.79 Å². The summed E-state index contributed by atoms with van der Waals surface area (Å²) in [6.07, 6.45) is 2.17. The molecule has 1 aliphatic rings. The van der Waals surface area contributed by atoms with Crippen LogP contribution in [-0.2, 0) is 17.6 Å². The minimum absolute atomic E-state index is 0.00483. The van der Waals surface area contributed by atoms with Crippen LogP contribution in [0.4, 0.5) is 5.69 Å². The molecule has 0 spiro atoms. The van der Waals surface area contributed by atoms with Crippen LogP contribution in [0.3, 0.4) is 0 Å². The van der Waals surface area contributed by atoms with Gasteiger partial charge in [-0.15, -0.1) is 0 Å². The molecule has 0 saturated heterocycles. The van der Waals surface area contributed by atoms with Crippen LogP contribution in [0.15, 0.2) is 54.6 Å². The Morgan fingerprint density at radius 2 is 1.71 bits per heavy atom. The second-order valence-electron chi connectivity index (χ2n) is 9.81. The second-order valence-corrected chi connectivity index (χ2v) is 9.81. The molecule has 2 unspecified atom stereocenters. The van der Waals surface area contributed by atoms with Gasteiger partial charge < -0.3 is 21.1 Å². The molecule has 0 aromatic heterocycles. The van der Waals surface area contributed by atoms with Crippen molar-refractivity contribution in [1.82, 2.24) is 4.90 Å². The molecule has 3 aromatic carbocycles. The van der Waals surface area contributed by atoms with Gasteiger partial charge in [-0.2, -0.15) is 0 Å². The van der Waals surface area contributed by atoms with Gasteiger partial charge in [-0.25, -0.2) is 0 Å². The zero-order valence-electron chi connectivity index (χ0n) is 21.3. The van der Waals surface area contributed by atoms with Crippen molar-refractivity contribution in [1.29, 1.82) is 0 Å². The molecule has 5 heteroatoms. The molecule has 5 nitrogen and oxygen atoms in total. The summed E-state index contributed by atoms with van der Waals surface area (Å²) < 4.78 is 0. The minimum Gasteiger partial charge on any atom is -0.508 e. The summed E-state index contributed by atoms with van der Waals surface area (Å²) in [6.45, 7) is 9.77. The average molecular weight is 472 g/mol. The first kappa shape index (κ1) is 24.8. The Balaban J connectivity index is 1.56. The number of anilines is 1. The van der Waals surface area contributed by atoms with E-state index in [1.165, 1.54) is 27.8 Å². The number of nitrogens with zero attached hydrogens (tertiary/aromatic N) is 1. The number of carbonyl (C=O) groups is 1. The number of nitrogens with two attached hydrogens (primary N) is 1. The van der Waals surface area contributed by atoms with Gasteiger partial charge in [0.1, 0.15) is 5.75 Å². The third kappa shape index (κ3) is 5.51. The fraction of sp³-hybridized carbons (Fsp3) is 0.367. The highest BCUT2D eigenvalue weighted by atomic mass is 16.3. The van der Waals surface area contributed by atoms with Crippen LogP contribution in [0.1, 0.15) is 58.3 Å². The Hall–Kier alpha value is -3.31. The van der Waals surface area contributed by atoms with Crippen molar-refractivity contribution in [2.24, 2.45) is 5.73 Å². The van der Waals surface area contributed by atoms with Crippen LogP contribution in [0, 0.1) is 20.8 Å². The Morgan fingerprint density at radius 3 is 2.37 bits per heavy atom. The quantitative estimate of drug-likeness (QED) is 0.443. The predicted octanol–water partition coefficient (Wildman–Crippen LogP) is 5.18. The van der Waals surface area contributed by atoms with Crippen molar-refractivity contribution < 1.29 is 9.90 Å². The van der Waals surface area contributed by atoms with Crippen LogP contribution >= 0.6 is 0 Å². The first-order chi connectivity index (χ1) is 16.8. The number of fused-ring (bicyclic) bond motifs is 1. The molecule has 0 fully saturated rings.